The van der Waals surface area contributed by atoms with Crippen molar-refractivity contribution in [3.63, 3.8) is 0 Å². The molecule has 2 aromatic rings. The van der Waals surface area contributed by atoms with Gasteiger partial charge in [-0.2, -0.15) is 0 Å². The number of amides is 2. The number of benzene rings is 2. The number of hydrogen-bond acceptors (Lipinski definition) is 3. The van der Waals surface area contributed by atoms with Gasteiger partial charge in [0.2, 0.25) is 0 Å². The van der Waals surface area contributed by atoms with Crippen LogP contribution in [-0.2, 0) is 4.79 Å². The van der Waals surface area contributed by atoms with Gasteiger partial charge in [-0.3, -0.25) is 0 Å². The Morgan fingerprint density at radius 3 is 1.35 bits per heavy atom. The predicted octanol–water partition coefficient (Wildman–Crippen LogP) is 2.23. The van der Waals surface area contributed by atoms with Crippen LogP contribution in [0.25, 0.3) is 0 Å². The molecule has 2 aromatic carbocycles. The van der Waals surface area contributed by atoms with Crippen LogP contribution in [-0.4, -0.2) is 17.9 Å². The third-order valence-corrected chi connectivity index (χ3v) is 1.70. The van der Waals surface area contributed by atoms with E-state index in [9.17, 15) is 0 Å². The zero-order valence-electron chi connectivity index (χ0n) is 11.4. The molecule has 0 fully saturated rings. The summed E-state index contributed by atoms with van der Waals surface area (Å²) in [6.07, 6.45) is 0. The number of nitrogens with two attached hydrogens (primary N) is 2. The van der Waals surface area contributed by atoms with Gasteiger partial charge in [0.15, 0.2) is 0 Å². The van der Waals surface area contributed by atoms with Gasteiger partial charge in [-0.1, -0.05) is 54.1 Å². The zero-order chi connectivity index (χ0) is 15.8. The largest absolute Gasteiger partial charge is 0.508 e. The SMILES string of the molecule is C=O.Cc1ccccc1.NC(N)=O.Oc1ccccc1. The highest BCUT2D eigenvalue weighted by Gasteiger charge is 1.74. The molecule has 0 bridgehead atoms. The lowest BCUT2D eigenvalue weighted by atomic mass is 10.2. The third-order valence-electron chi connectivity index (χ3n) is 1.70. The Kier molecular flexibility index (Phi) is 13.9. The van der Waals surface area contributed by atoms with Gasteiger partial charge >= 0.3 is 6.03 Å². The summed E-state index contributed by atoms with van der Waals surface area (Å²) in [5.74, 6) is 0.322. The van der Waals surface area contributed by atoms with Crippen LogP contribution in [0.2, 0.25) is 0 Å². The first-order valence-corrected chi connectivity index (χ1v) is 5.62. The monoisotopic (exact) mass is 276 g/mol. The highest BCUT2D eigenvalue weighted by atomic mass is 16.3. The van der Waals surface area contributed by atoms with Crippen molar-refractivity contribution in [1.29, 1.82) is 0 Å². The first kappa shape index (κ1) is 19.5. The summed E-state index contributed by atoms with van der Waals surface area (Å²) >= 11 is 0. The first-order valence-electron chi connectivity index (χ1n) is 5.62. The minimum Gasteiger partial charge on any atom is -0.508 e. The number of para-hydroxylation sites is 1. The second kappa shape index (κ2) is 14.2. The highest BCUT2D eigenvalue weighted by Crippen LogP contribution is 2.02. The van der Waals surface area contributed by atoms with Crippen molar-refractivity contribution in [3.8, 4) is 5.75 Å². The molecule has 5 N–H and O–H groups in total. The Hall–Kier alpha value is -2.82. The summed E-state index contributed by atoms with van der Waals surface area (Å²) in [6.45, 7) is 4.08. The Bertz CT molecular complexity index is 406. The lowest BCUT2D eigenvalue weighted by Gasteiger charge is -1.82. The number of primary amides is 2. The number of aryl methyl sites for hydroxylation is 1. The minimum atomic E-state index is -0.833. The second-order valence-corrected chi connectivity index (χ2v) is 3.39. The van der Waals surface area contributed by atoms with Crippen LogP contribution in [0.5, 0.6) is 5.75 Å². The van der Waals surface area contributed by atoms with Crippen LogP contribution >= 0.6 is 0 Å². The molecule has 0 saturated carbocycles. The van der Waals surface area contributed by atoms with Gasteiger partial charge < -0.3 is 21.4 Å². The van der Waals surface area contributed by atoms with Crippen molar-refractivity contribution in [1.82, 2.24) is 0 Å². The van der Waals surface area contributed by atoms with Gasteiger partial charge in [-0.15, -0.1) is 0 Å². The van der Waals surface area contributed by atoms with Gasteiger partial charge in [0.05, 0.1) is 0 Å². The molecule has 0 spiro atoms. The summed E-state index contributed by atoms with van der Waals surface area (Å²) in [5, 5.41) is 8.63. The summed E-state index contributed by atoms with van der Waals surface area (Å²) in [4.78, 5) is 17.0. The molecule has 0 atom stereocenters. The van der Waals surface area contributed by atoms with Gasteiger partial charge in [-0.05, 0) is 19.1 Å². The van der Waals surface area contributed by atoms with Gasteiger partial charge in [0.1, 0.15) is 12.5 Å². The van der Waals surface area contributed by atoms with E-state index < -0.39 is 6.03 Å². The molecule has 2 rings (SSSR count). The van der Waals surface area contributed by atoms with E-state index in [0.717, 1.165) is 0 Å². The van der Waals surface area contributed by atoms with E-state index in [1.165, 1.54) is 5.56 Å². The lowest BCUT2D eigenvalue weighted by molar-refractivity contribution is -0.0979. The van der Waals surface area contributed by atoms with E-state index in [2.05, 4.69) is 30.5 Å². The van der Waals surface area contributed by atoms with Gasteiger partial charge in [0.25, 0.3) is 0 Å². The molecular weight excluding hydrogens is 256 g/mol. The Morgan fingerprint density at radius 1 is 0.900 bits per heavy atom. The van der Waals surface area contributed by atoms with Crippen molar-refractivity contribution in [2.45, 2.75) is 6.92 Å². The fraction of sp³-hybridized carbons (Fsp3) is 0.0667. The smallest absolute Gasteiger partial charge is 0.309 e. The molecule has 0 heterocycles. The highest BCUT2D eigenvalue weighted by molar-refractivity contribution is 5.69. The topological polar surface area (TPSA) is 106 Å². The van der Waals surface area contributed by atoms with Crippen LogP contribution in [0.4, 0.5) is 4.79 Å². The number of rotatable bonds is 0. The summed E-state index contributed by atoms with van der Waals surface area (Å²) in [6, 6.07) is 18.1. The standard InChI is InChI=1S/C7H8.C6H6O.CH4N2O.CH2O/c1-7-5-3-2-4-6-7;7-6-4-2-1-3-5-6;2-1(3)4;1-2/h2-6H,1H3;1-5,7H;(H4,2,3,4);1H2. The maximum Gasteiger partial charge on any atom is 0.309 e. The van der Waals surface area contributed by atoms with Crippen LogP contribution < -0.4 is 11.5 Å². The average Bonchev–Trinajstić information content (AvgIpc) is 2.43. The second-order valence-electron chi connectivity index (χ2n) is 3.39. The molecule has 0 aliphatic heterocycles. The molecule has 0 radical (unpaired) electrons. The number of hydrogen-bond donors (Lipinski definition) is 3. The number of carbonyl (C=O) groups is 2. The Balaban J connectivity index is 0. The van der Waals surface area contributed by atoms with Crippen molar-refractivity contribution >= 4 is 12.8 Å². The maximum atomic E-state index is 9.00. The van der Waals surface area contributed by atoms with E-state index in [4.69, 9.17) is 14.7 Å². The minimum absolute atomic E-state index is 0.322. The van der Waals surface area contributed by atoms with Crippen LogP contribution in [0, 0.1) is 6.92 Å². The van der Waals surface area contributed by atoms with Crippen molar-refractivity contribution in [3.05, 3.63) is 66.2 Å². The molecule has 5 nitrogen and oxygen atoms in total. The molecule has 20 heavy (non-hydrogen) atoms. The van der Waals surface area contributed by atoms with E-state index in [-0.39, 0.29) is 0 Å². The number of phenols is 1. The Morgan fingerprint density at radius 2 is 1.20 bits per heavy atom. The molecule has 2 amide bonds. The fourth-order valence-electron chi connectivity index (χ4n) is 0.962. The Labute approximate surface area is 118 Å². The van der Waals surface area contributed by atoms with Crippen molar-refractivity contribution < 1.29 is 14.7 Å². The number of phenolic OH excluding ortho intramolecular Hbond substituents is 1. The van der Waals surface area contributed by atoms with Gasteiger partial charge in [-0.25, -0.2) is 4.79 Å². The maximum absolute atomic E-state index is 9.00. The fourth-order valence-corrected chi connectivity index (χ4v) is 0.962. The molecule has 0 saturated heterocycles. The molecule has 0 unspecified atom stereocenters. The van der Waals surface area contributed by atoms with E-state index in [1.54, 1.807) is 24.3 Å². The van der Waals surface area contributed by atoms with Crippen molar-refractivity contribution in [2.24, 2.45) is 11.5 Å². The van der Waals surface area contributed by atoms with Crippen LogP contribution in [0.3, 0.4) is 0 Å². The summed E-state index contributed by atoms with van der Waals surface area (Å²) in [7, 11) is 0. The summed E-state index contributed by atoms with van der Waals surface area (Å²) in [5.41, 5.74) is 9.82. The molecule has 108 valence electrons. The first-order chi connectivity index (χ1) is 9.52. The van der Waals surface area contributed by atoms with Crippen LogP contribution in [0.15, 0.2) is 60.7 Å². The van der Waals surface area contributed by atoms with Gasteiger partial charge in [0, 0.05) is 0 Å². The molecule has 5 heteroatoms. The number of carbonyl (C=O) groups excluding carboxylic acids is 2. The molecule has 0 aliphatic rings. The molecule has 0 aromatic heterocycles. The third kappa shape index (κ3) is 17.6. The van der Waals surface area contributed by atoms with Crippen LogP contribution in [0.1, 0.15) is 5.56 Å². The van der Waals surface area contributed by atoms with E-state index in [0.29, 0.717) is 5.75 Å². The lowest BCUT2D eigenvalue weighted by Crippen LogP contribution is -2.18. The number of aromatic hydroxyl groups is 1. The molecule has 0 aliphatic carbocycles. The van der Waals surface area contributed by atoms with Crippen molar-refractivity contribution in [2.75, 3.05) is 0 Å². The summed E-state index contributed by atoms with van der Waals surface area (Å²) < 4.78 is 0. The average molecular weight is 276 g/mol. The zero-order valence-corrected chi connectivity index (χ0v) is 11.4. The quantitative estimate of drug-likeness (QED) is 0.686. The van der Waals surface area contributed by atoms with E-state index >= 15 is 0 Å². The van der Waals surface area contributed by atoms with E-state index in [1.807, 2.05) is 31.1 Å². The normalized spacial score (nSPS) is 7.45. The molecular formula is C15H20N2O3. The number of urea groups is 1. The predicted molar refractivity (Wildman–Crippen MR) is 80.2 cm³/mol.